The summed E-state index contributed by atoms with van der Waals surface area (Å²) >= 11 is 0. The van der Waals surface area contributed by atoms with E-state index in [-0.39, 0.29) is 24.0 Å². The fourth-order valence-corrected chi connectivity index (χ4v) is 2.60. The van der Waals surface area contributed by atoms with Crippen LogP contribution in [0.15, 0.2) is 29.3 Å². The molecule has 0 radical (unpaired) electrons. The summed E-state index contributed by atoms with van der Waals surface area (Å²) in [5, 5.41) is 3.10. The van der Waals surface area contributed by atoms with Crippen molar-refractivity contribution in [1.82, 2.24) is 4.90 Å². The van der Waals surface area contributed by atoms with Crippen LogP contribution in [-0.2, 0) is 0 Å². The zero-order chi connectivity index (χ0) is 14.9. The van der Waals surface area contributed by atoms with Gasteiger partial charge in [0.2, 0.25) is 0 Å². The van der Waals surface area contributed by atoms with Gasteiger partial charge in [-0.1, -0.05) is 25.0 Å². The zero-order valence-corrected chi connectivity index (χ0v) is 15.6. The molecule has 1 fully saturated rings. The Morgan fingerprint density at radius 1 is 1.23 bits per heavy atom. The van der Waals surface area contributed by atoms with E-state index in [9.17, 15) is 0 Å². The van der Waals surface area contributed by atoms with Gasteiger partial charge in [-0.2, -0.15) is 0 Å². The lowest BCUT2D eigenvalue weighted by molar-refractivity contribution is 0.293. The summed E-state index contributed by atoms with van der Waals surface area (Å²) in [6, 6.07) is 7.69. The first-order chi connectivity index (χ1) is 10.3. The molecule has 0 atom stereocenters. The summed E-state index contributed by atoms with van der Waals surface area (Å²) in [7, 11) is 1.65. The quantitative estimate of drug-likeness (QED) is 0.439. The van der Waals surface area contributed by atoms with Crippen LogP contribution in [0.3, 0.4) is 0 Å². The van der Waals surface area contributed by atoms with Crippen molar-refractivity contribution in [2.24, 2.45) is 10.7 Å². The molecule has 0 unspecified atom stereocenters. The Labute approximate surface area is 150 Å². The van der Waals surface area contributed by atoms with Gasteiger partial charge >= 0.3 is 0 Å². The Bertz CT molecular complexity index is 459. The molecule has 0 aliphatic carbocycles. The molecule has 2 rings (SSSR count). The number of rotatable bonds is 5. The maximum atomic E-state index is 5.94. The predicted molar refractivity (Wildman–Crippen MR) is 103 cm³/mol. The molecule has 1 heterocycles. The molecule has 124 valence electrons. The average molecular weight is 418 g/mol. The molecule has 5 nitrogen and oxygen atoms in total. The number of likely N-dealkylation sites (tertiary alicyclic amines) is 1. The van der Waals surface area contributed by atoms with E-state index in [1.807, 2.05) is 24.3 Å². The first-order valence-corrected chi connectivity index (χ1v) is 7.72. The van der Waals surface area contributed by atoms with E-state index < -0.39 is 0 Å². The molecular weight excluding hydrogens is 391 g/mol. The third kappa shape index (κ3) is 6.39. The Morgan fingerprint density at radius 3 is 2.59 bits per heavy atom. The third-order valence-electron chi connectivity index (χ3n) is 3.77. The first-order valence-electron chi connectivity index (χ1n) is 7.72. The molecule has 0 amide bonds. The Balaban J connectivity index is 0.00000242. The van der Waals surface area contributed by atoms with Gasteiger partial charge in [0.15, 0.2) is 5.96 Å². The van der Waals surface area contributed by atoms with Crippen LogP contribution < -0.4 is 15.8 Å². The largest absolute Gasteiger partial charge is 0.495 e. The highest BCUT2D eigenvalue weighted by atomic mass is 127. The number of aliphatic imine (C=N–C) groups is 1. The summed E-state index contributed by atoms with van der Waals surface area (Å²) < 4.78 is 5.28. The maximum Gasteiger partial charge on any atom is 0.193 e. The van der Waals surface area contributed by atoms with Crippen LogP contribution in [0.5, 0.6) is 5.75 Å². The van der Waals surface area contributed by atoms with Crippen LogP contribution in [0.4, 0.5) is 5.69 Å². The molecule has 22 heavy (non-hydrogen) atoms. The number of nitrogens with two attached hydrogens (primary N) is 1. The third-order valence-corrected chi connectivity index (χ3v) is 3.77. The smallest absolute Gasteiger partial charge is 0.193 e. The van der Waals surface area contributed by atoms with Crippen LogP contribution in [0.25, 0.3) is 0 Å². The van der Waals surface area contributed by atoms with Crippen LogP contribution in [0.2, 0.25) is 0 Å². The lowest BCUT2D eigenvalue weighted by Crippen LogP contribution is -2.29. The molecule has 1 saturated heterocycles. The highest BCUT2D eigenvalue weighted by Gasteiger charge is 2.08. The number of nitrogens with zero attached hydrogens (tertiary/aromatic N) is 2. The van der Waals surface area contributed by atoms with Gasteiger partial charge in [-0.3, -0.25) is 4.99 Å². The van der Waals surface area contributed by atoms with Crippen LogP contribution in [-0.4, -0.2) is 44.1 Å². The molecular formula is C16H27IN4O. The maximum absolute atomic E-state index is 5.94. The lowest BCUT2D eigenvalue weighted by Gasteiger charge is -2.18. The van der Waals surface area contributed by atoms with Crippen molar-refractivity contribution in [3.05, 3.63) is 24.3 Å². The number of para-hydroxylation sites is 2. The van der Waals surface area contributed by atoms with Gasteiger partial charge < -0.3 is 20.7 Å². The minimum atomic E-state index is 0. The number of benzene rings is 1. The van der Waals surface area contributed by atoms with Gasteiger partial charge in [-0.25, -0.2) is 0 Å². The molecule has 3 N–H and O–H groups in total. The summed E-state index contributed by atoms with van der Waals surface area (Å²) in [4.78, 5) is 6.88. The summed E-state index contributed by atoms with van der Waals surface area (Å²) in [5.41, 5.74) is 6.78. The van der Waals surface area contributed by atoms with Crippen molar-refractivity contribution in [2.45, 2.75) is 25.7 Å². The molecule has 1 aliphatic heterocycles. The van der Waals surface area contributed by atoms with Gasteiger partial charge in [0, 0.05) is 6.54 Å². The Hall–Kier alpha value is -1.02. The molecule has 1 aromatic rings. The van der Waals surface area contributed by atoms with E-state index in [0.29, 0.717) is 5.96 Å². The minimum Gasteiger partial charge on any atom is -0.495 e. The second kappa shape index (κ2) is 10.7. The zero-order valence-electron chi connectivity index (χ0n) is 13.3. The van der Waals surface area contributed by atoms with Gasteiger partial charge in [-0.05, 0) is 38.1 Å². The van der Waals surface area contributed by atoms with Crippen molar-refractivity contribution in [1.29, 1.82) is 0 Å². The van der Waals surface area contributed by atoms with E-state index in [0.717, 1.165) is 24.5 Å². The number of anilines is 1. The average Bonchev–Trinajstić information content (AvgIpc) is 2.76. The highest BCUT2D eigenvalue weighted by Crippen LogP contribution is 2.22. The van der Waals surface area contributed by atoms with Crippen LogP contribution >= 0.6 is 24.0 Å². The second-order valence-electron chi connectivity index (χ2n) is 5.35. The molecule has 0 bridgehead atoms. The molecule has 0 aromatic heterocycles. The van der Waals surface area contributed by atoms with Crippen molar-refractivity contribution in [2.75, 3.05) is 38.6 Å². The number of hydrogen-bond donors (Lipinski definition) is 2. The summed E-state index contributed by atoms with van der Waals surface area (Å²) in [5.74, 6) is 1.21. The standard InChI is InChI=1S/C16H26N4O.HI/c1-21-15-9-5-4-8-14(15)19-16(17)18-10-13-20-11-6-2-3-7-12-20;/h4-5,8-9H,2-3,6-7,10-13H2,1H3,(H3,17,18,19);1H. The van der Waals surface area contributed by atoms with Gasteiger partial charge in [-0.15, -0.1) is 24.0 Å². The first kappa shape index (κ1) is 19.0. The van der Waals surface area contributed by atoms with E-state index in [2.05, 4.69) is 15.2 Å². The fraction of sp³-hybridized carbons (Fsp3) is 0.562. The normalized spacial score (nSPS) is 16.5. The second-order valence-corrected chi connectivity index (χ2v) is 5.35. The molecule has 1 aromatic carbocycles. The fourth-order valence-electron chi connectivity index (χ4n) is 2.60. The minimum absolute atomic E-state index is 0. The topological polar surface area (TPSA) is 62.9 Å². The van der Waals surface area contributed by atoms with Crippen molar-refractivity contribution >= 4 is 35.6 Å². The SMILES string of the molecule is COc1ccccc1NC(N)=NCCN1CCCCCC1.I. The van der Waals surface area contributed by atoms with Crippen molar-refractivity contribution in [3.63, 3.8) is 0 Å². The predicted octanol–water partition coefficient (Wildman–Crippen LogP) is 2.92. The van der Waals surface area contributed by atoms with Crippen LogP contribution in [0, 0.1) is 0 Å². The van der Waals surface area contributed by atoms with Crippen molar-refractivity contribution < 1.29 is 4.74 Å². The number of nitrogens with one attached hydrogen (secondary N) is 1. The molecule has 0 spiro atoms. The number of halogens is 1. The Morgan fingerprint density at radius 2 is 1.91 bits per heavy atom. The van der Waals surface area contributed by atoms with E-state index >= 15 is 0 Å². The number of guanidine groups is 1. The van der Waals surface area contributed by atoms with E-state index in [4.69, 9.17) is 10.5 Å². The lowest BCUT2D eigenvalue weighted by atomic mass is 10.2. The summed E-state index contributed by atoms with van der Waals surface area (Å²) in [6.07, 6.45) is 5.33. The highest BCUT2D eigenvalue weighted by molar-refractivity contribution is 14.0. The molecule has 0 saturated carbocycles. The van der Waals surface area contributed by atoms with E-state index in [1.54, 1.807) is 7.11 Å². The monoisotopic (exact) mass is 418 g/mol. The Kier molecular flexibility index (Phi) is 9.22. The van der Waals surface area contributed by atoms with Gasteiger partial charge in [0.25, 0.3) is 0 Å². The number of methoxy groups -OCH3 is 1. The number of hydrogen-bond acceptors (Lipinski definition) is 3. The molecule has 6 heteroatoms. The number of ether oxygens (including phenoxy) is 1. The van der Waals surface area contributed by atoms with E-state index in [1.165, 1.54) is 38.8 Å². The van der Waals surface area contributed by atoms with Gasteiger partial charge in [0.05, 0.1) is 19.3 Å². The van der Waals surface area contributed by atoms with Crippen LogP contribution in [0.1, 0.15) is 25.7 Å². The molecule has 1 aliphatic rings. The van der Waals surface area contributed by atoms with Gasteiger partial charge in [0.1, 0.15) is 5.75 Å². The summed E-state index contributed by atoms with van der Waals surface area (Å²) in [6.45, 7) is 4.09. The van der Waals surface area contributed by atoms with Crippen molar-refractivity contribution in [3.8, 4) is 5.75 Å².